The molecule has 126 valence electrons. The minimum absolute atomic E-state index is 0.00214. The smallest absolute Gasteiger partial charge is 0.308 e. The first-order valence-electron chi connectivity index (χ1n) is 8.13. The second kappa shape index (κ2) is 6.55. The van der Waals surface area contributed by atoms with Crippen LogP contribution in [0.5, 0.6) is 5.75 Å². The van der Waals surface area contributed by atoms with Gasteiger partial charge in [0.2, 0.25) is 0 Å². The van der Waals surface area contributed by atoms with Gasteiger partial charge in [0, 0.05) is 37.3 Å². The number of hydrogen-bond donors (Lipinski definition) is 0. The standard InChI is InChI=1S/C18H19NO5/c1-11(20)24-17-7-3-5-13-14(17)10-19(18(13)23)15-9-8-12(21)4-2-6-16(15)22/h3,5,7,15H,2,4,6,8-10H2,1H3. The number of hydrogen-bond acceptors (Lipinski definition) is 5. The molecule has 1 aromatic rings. The highest BCUT2D eigenvalue weighted by molar-refractivity contribution is 6.02. The minimum Gasteiger partial charge on any atom is -0.426 e. The van der Waals surface area contributed by atoms with Crippen LogP contribution in [0, 0.1) is 0 Å². The van der Waals surface area contributed by atoms with E-state index in [-0.39, 0.29) is 24.0 Å². The number of rotatable bonds is 2. The zero-order valence-electron chi connectivity index (χ0n) is 13.5. The number of Topliss-reactive ketones (excluding diaryl/α,β-unsaturated/α-hetero) is 2. The molecule has 0 radical (unpaired) electrons. The van der Waals surface area contributed by atoms with Crippen molar-refractivity contribution in [2.24, 2.45) is 0 Å². The molecule has 2 aliphatic rings. The Hall–Kier alpha value is -2.50. The molecule has 0 spiro atoms. The van der Waals surface area contributed by atoms with Crippen LogP contribution in [0.15, 0.2) is 18.2 Å². The van der Waals surface area contributed by atoms with E-state index in [4.69, 9.17) is 4.74 Å². The molecule has 1 heterocycles. The van der Waals surface area contributed by atoms with Gasteiger partial charge in [-0.1, -0.05) is 6.07 Å². The molecule has 24 heavy (non-hydrogen) atoms. The molecule has 1 unspecified atom stereocenters. The van der Waals surface area contributed by atoms with Crippen LogP contribution in [0.25, 0.3) is 0 Å². The molecular weight excluding hydrogens is 310 g/mol. The van der Waals surface area contributed by atoms with Crippen molar-refractivity contribution in [1.29, 1.82) is 0 Å². The number of amides is 1. The van der Waals surface area contributed by atoms with Crippen molar-refractivity contribution >= 4 is 23.4 Å². The van der Waals surface area contributed by atoms with Gasteiger partial charge < -0.3 is 9.64 Å². The average Bonchev–Trinajstić information content (AvgIpc) is 2.84. The number of carbonyl (C=O) groups is 4. The van der Waals surface area contributed by atoms with Gasteiger partial charge in [-0.15, -0.1) is 0 Å². The van der Waals surface area contributed by atoms with E-state index in [2.05, 4.69) is 0 Å². The van der Waals surface area contributed by atoms with E-state index in [1.165, 1.54) is 11.8 Å². The Kier molecular flexibility index (Phi) is 4.46. The van der Waals surface area contributed by atoms with Crippen LogP contribution in [-0.4, -0.2) is 34.4 Å². The normalized spacial score (nSPS) is 21.3. The van der Waals surface area contributed by atoms with E-state index in [0.717, 1.165) is 0 Å². The third-order valence-electron chi connectivity index (χ3n) is 4.53. The van der Waals surface area contributed by atoms with E-state index in [0.29, 0.717) is 49.0 Å². The number of fused-ring (bicyclic) bond motifs is 1. The van der Waals surface area contributed by atoms with Crippen molar-refractivity contribution in [3.8, 4) is 5.75 Å². The molecule has 1 amide bonds. The first-order chi connectivity index (χ1) is 11.5. The zero-order valence-corrected chi connectivity index (χ0v) is 13.5. The number of nitrogens with zero attached hydrogens (tertiary/aromatic N) is 1. The SMILES string of the molecule is CC(=O)Oc1cccc2c1CN(C1CCC(=O)CCCC1=O)C2=O. The second-order valence-corrected chi connectivity index (χ2v) is 6.22. The fraction of sp³-hybridized carbons (Fsp3) is 0.444. The maximum Gasteiger partial charge on any atom is 0.308 e. The number of esters is 1. The number of carbonyl (C=O) groups excluding carboxylic acids is 4. The lowest BCUT2D eigenvalue weighted by Crippen LogP contribution is -2.42. The van der Waals surface area contributed by atoms with Crippen molar-refractivity contribution in [2.75, 3.05) is 0 Å². The van der Waals surface area contributed by atoms with Gasteiger partial charge in [-0.25, -0.2) is 0 Å². The van der Waals surface area contributed by atoms with Crippen LogP contribution in [-0.2, 0) is 20.9 Å². The highest BCUT2D eigenvalue weighted by Crippen LogP contribution is 2.34. The maximum atomic E-state index is 12.7. The molecule has 3 rings (SSSR count). The van der Waals surface area contributed by atoms with Gasteiger partial charge in [0.15, 0.2) is 5.78 Å². The molecule has 6 nitrogen and oxygen atoms in total. The summed E-state index contributed by atoms with van der Waals surface area (Å²) < 4.78 is 5.17. The summed E-state index contributed by atoms with van der Waals surface area (Å²) in [5.74, 6) is -0.215. The van der Waals surface area contributed by atoms with Crippen LogP contribution in [0.1, 0.15) is 54.9 Å². The molecule has 1 aliphatic heterocycles. The van der Waals surface area contributed by atoms with Crippen LogP contribution in [0.2, 0.25) is 0 Å². The fourth-order valence-electron chi connectivity index (χ4n) is 3.37. The summed E-state index contributed by atoms with van der Waals surface area (Å²) in [5, 5.41) is 0. The molecular formula is C18H19NO5. The summed E-state index contributed by atoms with van der Waals surface area (Å²) in [4.78, 5) is 49.6. The lowest BCUT2D eigenvalue weighted by molar-refractivity contribution is -0.132. The summed E-state index contributed by atoms with van der Waals surface area (Å²) in [6.07, 6.45) is 1.96. The van der Waals surface area contributed by atoms with Gasteiger partial charge in [0.25, 0.3) is 5.91 Å². The molecule has 0 aromatic heterocycles. The summed E-state index contributed by atoms with van der Waals surface area (Å²) in [6.45, 7) is 1.53. The van der Waals surface area contributed by atoms with Gasteiger partial charge >= 0.3 is 5.97 Å². The fourth-order valence-corrected chi connectivity index (χ4v) is 3.37. The minimum atomic E-state index is -0.584. The van der Waals surface area contributed by atoms with Gasteiger partial charge in [-0.3, -0.25) is 19.2 Å². The van der Waals surface area contributed by atoms with Crippen LogP contribution < -0.4 is 4.74 Å². The first-order valence-corrected chi connectivity index (χ1v) is 8.13. The third kappa shape index (κ3) is 3.09. The predicted octanol–water partition coefficient (Wildman–Crippen LogP) is 2.04. The van der Waals surface area contributed by atoms with Gasteiger partial charge in [-0.05, 0) is 25.0 Å². The van der Waals surface area contributed by atoms with Crippen molar-refractivity contribution in [2.45, 2.75) is 51.6 Å². The van der Waals surface area contributed by atoms with Gasteiger partial charge in [-0.2, -0.15) is 0 Å². The molecule has 0 N–H and O–H groups in total. The molecule has 1 aliphatic carbocycles. The van der Waals surface area contributed by atoms with Crippen molar-refractivity contribution in [3.63, 3.8) is 0 Å². The monoisotopic (exact) mass is 329 g/mol. The molecule has 1 aromatic carbocycles. The van der Waals surface area contributed by atoms with Crippen LogP contribution in [0.4, 0.5) is 0 Å². The Morgan fingerprint density at radius 2 is 1.96 bits per heavy atom. The largest absolute Gasteiger partial charge is 0.426 e. The zero-order chi connectivity index (χ0) is 17.3. The number of ketones is 2. The van der Waals surface area contributed by atoms with E-state index in [9.17, 15) is 19.2 Å². The Morgan fingerprint density at radius 1 is 1.17 bits per heavy atom. The predicted molar refractivity (Wildman–Crippen MR) is 84.5 cm³/mol. The quantitative estimate of drug-likeness (QED) is 0.613. The number of ether oxygens (including phenoxy) is 1. The van der Waals surface area contributed by atoms with E-state index in [1.807, 2.05) is 0 Å². The number of benzene rings is 1. The summed E-state index contributed by atoms with van der Waals surface area (Å²) in [6, 6.07) is 4.38. The first kappa shape index (κ1) is 16.4. The van der Waals surface area contributed by atoms with Crippen LogP contribution >= 0.6 is 0 Å². The lowest BCUT2D eigenvalue weighted by Gasteiger charge is -2.27. The van der Waals surface area contributed by atoms with Gasteiger partial charge in [0.05, 0.1) is 12.6 Å². The lowest BCUT2D eigenvalue weighted by atomic mass is 9.94. The Labute approximate surface area is 139 Å². The highest BCUT2D eigenvalue weighted by Gasteiger charge is 2.38. The van der Waals surface area contributed by atoms with Gasteiger partial charge in [0.1, 0.15) is 11.5 Å². The van der Waals surface area contributed by atoms with E-state index in [1.54, 1.807) is 18.2 Å². The third-order valence-corrected chi connectivity index (χ3v) is 4.53. The van der Waals surface area contributed by atoms with E-state index < -0.39 is 12.0 Å². The van der Waals surface area contributed by atoms with Crippen LogP contribution in [0.3, 0.4) is 0 Å². The highest BCUT2D eigenvalue weighted by atomic mass is 16.5. The Balaban J connectivity index is 1.88. The van der Waals surface area contributed by atoms with Crippen molar-refractivity contribution < 1.29 is 23.9 Å². The summed E-state index contributed by atoms with van der Waals surface area (Å²) in [7, 11) is 0. The Morgan fingerprint density at radius 3 is 2.71 bits per heavy atom. The van der Waals surface area contributed by atoms with E-state index >= 15 is 0 Å². The molecule has 0 saturated heterocycles. The molecule has 1 atom stereocenters. The average molecular weight is 329 g/mol. The van der Waals surface area contributed by atoms with Crippen molar-refractivity contribution in [1.82, 2.24) is 4.90 Å². The summed E-state index contributed by atoms with van der Waals surface area (Å²) in [5.41, 5.74) is 1.08. The summed E-state index contributed by atoms with van der Waals surface area (Å²) >= 11 is 0. The molecule has 1 fully saturated rings. The Bertz CT molecular complexity index is 724. The molecule has 6 heteroatoms. The maximum absolute atomic E-state index is 12.7. The molecule has 0 bridgehead atoms. The molecule has 1 saturated carbocycles. The second-order valence-electron chi connectivity index (χ2n) is 6.22. The van der Waals surface area contributed by atoms with Crippen molar-refractivity contribution in [3.05, 3.63) is 29.3 Å². The topological polar surface area (TPSA) is 80.8 Å².